The molecule has 0 saturated carbocycles. The number of aromatic hydroxyl groups is 1. The minimum atomic E-state index is -0.354. The molecule has 2 aromatic rings. The molecular weight excluding hydrogens is 244 g/mol. The molecule has 0 bridgehead atoms. The second-order valence-corrected chi connectivity index (χ2v) is 3.92. The number of phenolic OH excluding ortho intramolecular Hbond substituents is 1. The van der Waals surface area contributed by atoms with Crippen LogP contribution >= 0.6 is 0 Å². The van der Waals surface area contributed by atoms with E-state index in [-0.39, 0.29) is 17.2 Å². The summed E-state index contributed by atoms with van der Waals surface area (Å²) < 4.78 is 5.02. The summed E-state index contributed by atoms with van der Waals surface area (Å²) in [5.74, 6) is 0.0908. The summed E-state index contributed by atoms with van der Waals surface area (Å²) in [6.07, 6.45) is 3.31. The summed E-state index contributed by atoms with van der Waals surface area (Å²) in [4.78, 5) is 15.9. The first-order chi connectivity index (χ1) is 9.20. The van der Waals surface area contributed by atoms with Gasteiger partial charge in [0, 0.05) is 18.9 Å². The van der Waals surface area contributed by atoms with Gasteiger partial charge in [-0.05, 0) is 35.9 Å². The monoisotopic (exact) mass is 258 g/mol. The van der Waals surface area contributed by atoms with Crippen molar-refractivity contribution in [1.29, 1.82) is 0 Å². The number of phenols is 1. The van der Waals surface area contributed by atoms with Gasteiger partial charge < -0.3 is 15.2 Å². The first kappa shape index (κ1) is 12.9. The second kappa shape index (κ2) is 5.86. The van der Waals surface area contributed by atoms with Gasteiger partial charge in [0.05, 0.1) is 12.7 Å². The lowest BCUT2D eigenvalue weighted by Gasteiger charge is -2.08. The molecule has 1 heterocycles. The average Bonchev–Trinajstić information content (AvgIpc) is 2.46. The maximum atomic E-state index is 12.0. The SMILES string of the molecule is COc1ccc(O)c(C(=O)NCc2ccncc2)c1. The van der Waals surface area contributed by atoms with Crippen LogP contribution in [0.25, 0.3) is 0 Å². The zero-order chi connectivity index (χ0) is 13.7. The van der Waals surface area contributed by atoms with Crippen LogP contribution in [0, 0.1) is 0 Å². The molecule has 1 aromatic heterocycles. The van der Waals surface area contributed by atoms with Gasteiger partial charge in [-0.1, -0.05) is 0 Å². The van der Waals surface area contributed by atoms with Crippen LogP contribution in [-0.4, -0.2) is 23.1 Å². The van der Waals surface area contributed by atoms with E-state index in [4.69, 9.17) is 4.74 Å². The highest BCUT2D eigenvalue weighted by atomic mass is 16.5. The van der Waals surface area contributed by atoms with Crippen LogP contribution in [0.5, 0.6) is 11.5 Å². The molecular formula is C14H14N2O3. The van der Waals surface area contributed by atoms with Gasteiger partial charge in [-0.15, -0.1) is 0 Å². The molecule has 2 N–H and O–H groups in total. The summed E-state index contributed by atoms with van der Waals surface area (Å²) >= 11 is 0. The van der Waals surface area contributed by atoms with E-state index in [2.05, 4.69) is 10.3 Å². The van der Waals surface area contributed by atoms with E-state index in [1.807, 2.05) is 12.1 Å². The number of nitrogens with one attached hydrogen (secondary N) is 1. The maximum absolute atomic E-state index is 12.0. The third-order valence-corrected chi connectivity index (χ3v) is 2.65. The van der Waals surface area contributed by atoms with Crippen LogP contribution < -0.4 is 10.1 Å². The normalized spacial score (nSPS) is 9.95. The van der Waals surface area contributed by atoms with E-state index in [0.29, 0.717) is 12.3 Å². The predicted molar refractivity (Wildman–Crippen MR) is 70.1 cm³/mol. The van der Waals surface area contributed by atoms with Gasteiger partial charge in [0.15, 0.2) is 0 Å². The standard InChI is InChI=1S/C14H14N2O3/c1-19-11-2-3-13(17)12(8-11)14(18)16-9-10-4-6-15-7-5-10/h2-8,17H,9H2,1H3,(H,16,18). The number of amides is 1. The van der Waals surface area contributed by atoms with Crippen molar-refractivity contribution in [2.24, 2.45) is 0 Å². The number of nitrogens with zero attached hydrogens (tertiary/aromatic N) is 1. The highest BCUT2D eigenvalue weighted by Gasteiger charge is 2.11. The van der Waals surface area contributed by atoms with Crippen molar-refractivity contribution in [3.63, 3.8) is 0 Å². The number of rotatable bonds is 4. The maximum Gasteiger partial charge on any atom is 0.255 e. The molecule has 0 atom stereocenters. The first-order valence-electron chi connectivity index (χ1n) is 5.75. The van der Waals surface area contributed by atoms with Gasteiger partial charge in [0.1, 0.15) is 11.5 Å². The fourth-order valence-electron chi connectivity index (χ4n) is 1.60. The Kier molecular flexibility index (Phi) is 3.97. The molecule has 1 amide bonds. The number of benzene rings is 1. The van der Waals surface area contributed by atoms with Gasteiger partial charge in [-0.3, -0.25) is 9.78 Å². The van der Waals surface area contributed by atoms with Crippen LogP contribution in [-0.2, 0) is 6.54 Å². The summed E-state index contributed by atoms with van der Waals surface area (Å²) in [6.45, 7) is 0.373. The second-order valence-electron chi connectivity index (χ2n) is 3.92. The highest BCUT2D eigenvalue weighted by Crippen LogP contribution is 2.22. The molecule has 0 radical (unpaired) electrons. The Morgan fingerprint density at radius 2 is 2.05 bits per heavy atom. The van der Waals surface area contributed by atoms with Gasteiger partial charge in [-0.2, -0.15) is 0 Å². The summed E-state index contributed by atoms with van der Waals surface area (Å²) in [5.41, 5.74) is 1.12. The van der Waals surface area contributed by atoms with Crippen LogP contribution in [0.3, 0.4) is 0 Å². The fraction of sp³-hybridized carbons (Fsp3) is 0.143. The molecule has 0 saturated heterocycles. The van der Waals surface area contributed by atoms with Crippen LogP contribution in [0.1, 0.15) is 15.9 Å². The topological polar surface area (TPSA) is 71.5 Å². The molecule has 0 fully saturated rings. The van der Waals surface area contributed by atoms with Crippen molar-refractivity contribution in [2.45, 2.75) is 6.54 Å². The van der Waals surface area contributed by atoms with Crippen molar-refractivity contribution in [1.82, 2.24) is 10.3 Å². The summed E-state index contributed by atoms with van der Waals surface area (Å²) in [6, 6.07) is 8.14. The Bertz CT molecular complexity index is 570. The number of hydrogen-bond donors (Lipinski definition) is 2. The summed E-state index contributed by atoms with van der Waals surface area (Å²) in [7, 11) is 1.50. The third-order valence-electron chi connectivity index (χ3n) is 2.65. The number of methoxy groups -OCH3 is 1. The van der Waals surface area contributed by atoms with E-state index < -0.39 is 0 Å². The molecule has 19 heavy (non-hydrogen) atoms. The number of ether oxygens (including phenoxy) is 1. The van der Waals surface area contributed by atoms with Crippen molar-refractivity contribution >= 4 is 5.91 Å². The number of aromatic nitrogens is 1. The van der Waals surface area contributed by atoms with Gasteiger partial charge in [-0.25, -0.2) is 0 Å². The smallest absolute Gasteiger partial charge is 0.255 e. The molecule has 0 unspecified atom stereocenters. The average molecular weight is 258 g/mol. The first-order valence-corrected chi connectivity index (χ1v) is 5.75. The van der Waals surface area contributed by atoms with E-state index >= 15 is 0 Å². The molecule has 0 spiro atoms. The van der Waals surface area contributed by atoms with Crippen molar-refractivity contribution < 1.29 is 14.6 Å². The Labute approximate surface area is 110 Å². The van der Waals surface area contributed by atoms with E-state index in [1.165, 1.54) is 19.2 Å². The largest absolute Gasteiger partial charge is 0.507 e. The molecule has 0 aliphatic rings. The molecule has 5 nitrogen and oxygen atoms in total. The number of carbonyl (C=O) groups excluding carboxylic acids is 1. The lowest BCUT2D eigenvalue weighted by molar-refractivity contribution is 0.0948. The Hall–Kier alpha value is -2.56. The molecule has 0 aliphatic carbocycles. The quantitative estimate of drug-likeness (QED) is 0.876. The lowest BCUT2D eigenvalue weighted by Crippen LogP contribution is -2.22. The fourth-order valence-corrected chi connectivity index (χ4v) is 1.60. The highest BCUT2D eigenvalue weighted by molar-refractivity contribution is 5.97. The Balaban J connectivity index is 2.08. The third kappa shape index (κ3) is 3.22. The van der Waals surface area contributed by atoms with E-state index in [1.54, 1.807) is 18.5 Å². The lowest BCUT2D eigenvalue weighted by atomic mass is 10.1. The van der Waals surface area contributed by atoms with Crippen molar-refractivity contribution in [3.8, 4) is 11.5 Å². The molecule has 5 heteroatoms. The van der Waals surface area contributed by atoms with E-state index in [0.717, 1.165) is 5.56 Å². The van der Waals surface area contributed by atoms with Gasteiger partial charge >= 0.3 is 0 Å². The van der Waals surface area contributed by atoms with Gasteiger partial charge in [0.25, 0.3) is 5.91 Å². The van der Waals surface area contributed by atoms with Crippen LogP contribution in [0.2, 0.25) is 0 Å². The Morgan fingerprint density at radius 3 is 2.74 bits per heavy atom. The van der Waals surface area contributed by atoms with Crippen molar-refractivity contribution in [2.75, 3.05) is 7.11 Å². The minimum absolute atomic E-state index is 0.0759. The molecule has 1 aromatic carbocycles. The van der Waals surface area contributed by atoms with E-state index in [9.17, 15) is 9.90 Å². The zero-order valence-electron chi connectivity index (χ0n) is 10.5. The van der Waals surface area contributed by atoms with Crippen LogP contribution in [0.15, 0.2) is 42.7 Å². The zero-order valence-corrected chi connectivity index (χ0v) is 10.5. The Morgan fingerprint density at radius 1 is 1.32 bits per heavy atom. The number of carbonyl (C=O) groups is 1. The number of pyridine rings is 1. The predicted octanol–water partition coefficient (Wildman–Crippen LogP) is 1.73. The minimum Gasteiger partial charge on any atom is -0.507 e. The number of hydrogen-bond acceptors (Lipinski definition) is 4. The van der Waals surface area contributed by atoms with Crippen molar-refractivity contribution in [3.05, 3.63) is 53.9 Å². The molecule has 98 valence electrons. The van der Waals surface area contributed by atoms with Gasteiger partial charge in [0.2, 0.25) is 0 Å². The van der Waals surface area contributed by atoms with Crippen LogP contribution in [0.4, 0.5) is 0 Å². The molecule has 2 rings (SSSR count). The summed E-state index contributed by atoms with van der Waals surface area (Å²) in [5, 5.41) is 12.4. The molecule has 0 aliphatic heterocycles.